The molecule has 1 aromatic rings. The van der Waals surface area contributed by atoms with Gasteiger partial charge in [0.15, 0.2) is 0 Å². The molecule has 0 aliphatic carbocycles. The third kappa shape index (κ3) is 3.99. The summed E-state index contributed by atoms with van der Waals surface area (Å²) in [5, 5.41) is 11.0. The number of aliphatic hydroxyl groups is 1. The number of sulfonamides is 1. The summed E-state index contributed by atoms with van der Waals surface area (Å²) in [6, 6.07) is 5.55. The number of methoxy groups -OCH3 is 1. The van der Waals surface area contributed by atoms with Crippen LogP contribution in [0.2, 0.25) is 0 Å². The number of rotatable bonds is 5. The molecular formula is C10H14N2O5S. The Bertz CT molecular complexity index is 498. The van der Waals surface area contributed by atoms with E-state index in [1.807, 2.05) is 0 Å². The van der Waals surface area contributed by atoms with Crippen molar-refractivity contribution < 1.29 is 23.1 Å². The maximum absolute atomic E-state index is 11.6. The van der Waals surface area contributed by atoms with Gasteiger partial charge in [0.25, 0.3) is 0 Å². The lowest BCUT2D eigenvalue weighted by Crippen LogP contribution is -2.26. The van der Waals surface area contributed by atoms with Crippen LogP contribution in [0.15, 0.2) is 29.2 Å². The Morgan fingerprint density at radius 3 is 2.44 bits per heavy atom. The van der Waals surface area contributed by atoms with Crippen LogP contribution in [-0.2, 0) is 14.8 Å². The average molecular weight is 274 g/mol. The first-order valence-electron chi connectivity index (χ1n) is 5.05. The fourth-order valence-corrected chi connectivity index (χ4v) is 2.17. The lowest BCUT2D eigenvalue weighted by molar-refractivity contribution is 0.187. The van der Waals surface area contributed by atoms with Gasteiger partial charge in [0, 0.05) is 12.2 Å². The Labute approximate surface area is 105 Å². The van der Waals surface area contributed by atoms with E-state index in [9.17, 15) is 13.2 Å². The highest BCUT2D eigenvalue weighted by Crippen LogP contribution is 2.13. The Balaban J connectivity index is 2.79. The van der Waals surface area contributed by atoms with Crippen LogP contribution in [0.5, 0.6) is 0 Å². The molecule has 0 aromatic heterocycles. The zero-order valence-corrected chi connectivity index (χ0v) is 10.5. The van der Waals surface area contributed by atoms with Crippen molar-refractivity contribution in [1.82, 2.24) is 4.72 Å². The molecule has 1 rings (SSSR count). The number of carbonyl (C=O) groups is 1. The van der Waals surface area contributed by atoms with Crippen LogP contribution in [0.1, 0.15) is 0 Å². The van der Waals surface area contributed by atoms with Gasteiger partial charge < -0.3 is 9.84 Å². The zero-order valence-electron chi connectivity index (χ0n) is 9.71. The molecule has 0 saturated heterocycles. The molecule has 0 heterocycles. The van der Waals surface area contributed by atoms with Crippen molar-refractivity contribution in [3.05, 3.63) is 24.3 Å². The Kier molecular flexibility index (Phi) is 5.08. The van der Waals surface area contributed by atoms with Crippen LogP contribution in [0, 0.1) is 0 Å². The lowest BCUT2D eigenvalue weighted by Gasteiger charge is -2.07. The molecule has 0 spiro atoms. The van der Waals surface area contributed by atoms with Gasteiger partial charge in [0.1, 0.15) is 0 Å². The monoisotopic (exact) mass is 274 g/mol. The van der Waals surface area contributed by atoms with Gasteiger partial charge in [-0.3, -0.25) is 5.32 Å². The van der Waals surface area contributed by atoms with Crippen molar-refractivity contribution in [2.45, 2.75) is 4.90 Å². The summed E-state index contributed by atoms with van der Waals surface area (Å²) in [5.41, 5.74) is 0.419. The number of ether oxygens (including phenoxy) is 1. The highest BCUT2D eigenvalue weighted by atomic mass is 32.2. The topological polar surface area (TPSA) is 105 Å². The quantitative estimate of drug-likeness (QED) is 0.708. The molecular weight excluding hydrogens is 260 g/mol. The summed E-state index contributed by atoms with van der Waals surface area (Å²) in [6.07, 6.45) is -0.635. The standard InChI is InChI=1S/C10H14N2O5S/c1-17-10(14)12-8-2-4-9(5-3-8)18(15,16)11-6-7-13/h2-5,11,13H,6-7H2,1H3,(H,12,14). The van der Waals surface area contributed by atoms with Gasteiger partial charge >= 0.3 is 6.09 Å². The molecule has 1 amide bonds. The van der Waals surface area contributed by atoms with Crippen molar-refractivity contribution in [2.75, 3.05) is 25.6 Å². The second-order valence-corrected chi connectivity index (χ2v) is 5.03. The maximum Gasteiger partial charge on any atom is 0.411 e. The van der Waals surface area contributed by atoms with Crippen molar-refractivity contribution >= 4 is 21.8 Å². The summed E-state index contributed by atoms with van der Waals surface area (Å²) >= 11 is 0. The number of carbonyl (C=O) groups excluding carboxylic acids is 1. The van der Waals surface area contributed by atoms with Crippen LogP contribution in [0.3, 0.4) is 0 Å². The van der Waals surface area contributed by atoms with Gasteiger partial charge in [-0.2, -0.15) is 0 Å². The Hall–Kier alpha value is -1.64. The fourth-order valence-electron chi connectivity index (χ4n) is 1.15. The van der Waals surface area contributed by atoms with E-state index in [-0.39, 0.29) is 18.0 Å². The van der Waals surface area contributed by atoms with Gasteiger partial charge in [-0.05, 0) is 24.3 Å². The fraction of sp³-hybridized carbons (Fsp3) is 0.300. The summed E-state index contributed by atoms with van der Waals surface area (Å²) in [4.78, 5) is 11.0. The predicted molar refractivity (Wildman–Crippen MR) is 64.7 cm³/mol. The lowest BCUT2D eigenvalue weighted by atomic mass is 10.3. The molecule has 100 valence electrons. The average Bonchev–Trinajstić information content (AvgIpc) is 2.37. The molecule has 0 atom stereocenters. The molecule has 0 saturated carbocycles. The summed E-state index contributed by atoms with van der Waals surface area (Å²) in [7, 11) is -2.40. The molecule has 0 unspecified atom stereocenters. The van der Waals surface area contributed by atoms with Gasteiger partial charge in [-0.25, -0.2) is 17.9 Å². The third-order valence-corrected chi connectivity index (χ3v) is 3.48. The summed E-state index contributed by atoms with van der Waals surface area (Å²) < 4.78 is 29.9. The minimum absolute atomic E-state index is 0.0476. The molecule has 0 aliphatic rings. The highest BCUT2D eigenvalue weighted by Gasteiger charge is 2.12. The first kappa shape index (κ1) is 14.4. The van der Waals surface area contributed by atoms with Crippen molar-refractivity contribution in [2.24, 2.45) is 0 Å². The molecule has 0 bridgehead atoms. The number of amides is 1. The van der Waals surface area contributed by atoms with E-state index >= 15 is 0 Å². The van der Waals surface area contributed by atoms with E-state index < -0.39 is 16.1 Å². The SMILES string of the molecule is COC(=O)Nc1ccc(S(=O)(=O)NCCO)cc1. The number of anilines is 1. The predicted octanol–water partition coefficient (Wildman–Crippen LogP) is 0.135. The zero-order chi connectivity index (χ0) is 13.6. The van der Waals surface area contributed by atoms with E-state index in [1.54, 1.807) is 0 Å². The van der Waals surface area contributed by atoms with Gasteiger partial charge in [0.2, 0.25) is 10.0 Å². The normalized spacial score (nSPS) is 11.0. The Morgan fingerprint density at radius 2 is 1.94 bits per heavy atom. The number of hydrogen-bond acceptors (Lipinski definition) is 5. The largest absolute Gasteiger partial charge is 0.453 e. The maximum atomic E-state index is 11.6. The summed E-state index contributed by atoms with van der Waals surface area (Å²) in [5.74, 6) is 0. The van der Waals surface area contributed by atoms with E-state index in [4.69, 9.17) is 5.11 Å². The Morgan fingerprint density at radius 1 is 1.33 bits per heavy atom. The van der Waals surface area contributed by atoms with Crippen LogP contribution in [0.4, 0.5) is 10.5 Å². The molecule has 1 aromatic carbocycles. The van der Waals surface area contributed by atoms with E-state index in [1.165, 1.54) is 31.4 Å². The van der Waals surface area contributed by atoms with Crippen molar-refractivity contribution in [3.8, 4) is 0 Å². The van der Waals surface area contributed by atoms with Crippen LogP contribution < -0.4 is 10.0 Å². The number of aliphatic hydroxyl groups excluding tert-OH is 1. The number of benzene rings is 1. The van der Waals surface area contributed by atoms with E-state index in [2.05, 4.69) is 14.8 Å². The molecule has 18 heavy (non-hydrogen) atoms. The second kappa shape index (κ2) is 6.34. The van der Waals surface area contributed by atoms with Gasteiger partial charge in [0.05, 0.1) is 18.6 Å². The first-order valence-corrected chi connectivity index (χ1v) is 6.53. The minimum Gasteiger partial charge on any atom is -0.453 e. The number of hydrogen-bond donors (Lipinski definition) is 3. The van der Waals surface area contributed by atoms with Crippen LogP contribution in [-0.4, -0.2) is 39.9 Å². The van der Waals surface area contributed by atoms with Crippen molar-refractivity contribution in [1.29, 1.82) is 0 Å². The molecule has 0 radical (unpaired) electrons. The van der Waals surface area contributed by atoms with Crippen molar-refractivity contribution in [3.63, 3.8) is 0 Å². The van der Waals surface area contributed by atoms with Gasteiger partial charge in [-0.15, -0.1) is 0 Å². The highest BCUT2D eigenvalue weighted by molar-refractivity contribution is 7.89. The smallest absolute Gasteiger partial charge is 0.411 e. The third-order valence-electron chi connectivity index (χ3n) is 2.00. The minimum atomic E-state index is -3.63. The molecule has 0 aliphatic heterocycles. The number of nitrogens with one attached hydrogen (secondary N) is 2. The van der Waals surface area contributed by atoms with Crippen LogP contribution >= 0.6 is 0 Å². The van der Waals surface area contributed by atoms with E-state index in [0.717, 1.165) is 0 Å². The first-order chi connectivity index (χ1) is 8.49. The van der Waals surface area contributed by atoms with E-state index in [0.29, 0.717) is 5.69 Å². The molecule has 8 heteroatoms. The molecule has 0 fully saturated rings. The second-order valence-electron chi connectivity index (χ2n) is 3.26. The summed E-state index contributed by atoms with van der Waals surface area (Å²) in [6.45, 7) is -0.328. The van der Waals surface area contributed by atoms with Crippen LogP contribution in [0.25, 0.3) is 0 Å². The van der Waals surface area contributed by atoms with Gasteiger partial charge in [-0.1, -0.05) is 0 Å². The molecule has 3 N–H and O–H groups in total. The molecule has 7 nitrogen and oxygen atoms in total.